The maximum absolute atomic E-state index is 13.0. The van der Waals surface area contributed by atoms with Crippen LogP contribution in [0.15, 0.2) is 22.6 Å². The second-order valence-electron chi connectivity index (χ2n) is 3.76. The molecule has 18 heavy (non-hydrogen) atoms. The highest BCUT2D eigenvalue weighted by Crippen LogP contribution is 2.20. The Morgan fingerprint density at radius 3 is 2.56 bits per heavy atom. The van der Waals surface area contributed by atoms with E-state index in [0.717, 1.165) is 31.3 Å². The van der Waals surface area contributed by atoms with Crippen LogP contribution in [-0.2, 0) is 6.42 Å². The van der Waals surface area contributed by atoms with Gasteiger partial charge in [0.2, 0.25) is 11.8 Å². The molecule has 0 bridgehead atoms. The average Bonchev–Trinajstić information content (AvgIpc) is 2.77. The fraction of sp³-hybridized carbons (Fsp3) is 0.333. The summed E-state index contributed by atoms with van der Waals surface area (Å²) in [5.41, 5.74) is 0.245. The number of benzene rings is 1. The van der Waals surface area contributed by atoms with Gasteiger partial charge >= 0.3 is 0 Å². The van der Waals surface area contributed by atoms with Crippen molar-refractivity contribution in [3.05, 3.63) is 35.7 Å². The van der Waals surface area contributed by atoms with Crippen LogP contribution in [0, 0.1) is 11.6 Å². The zero-order valence-corrected chi connectivity index (χ0v) is 9.91. The van der Waals surface area contributed by atoms with Gasteiger partial charge in [-0.1, -0.05) is 6.92 Å². The van der Waals surface area contributed by atoms with Crippen LogP contribution in [0.3, 0.4) is 0 Å². The van der Waals surface area contributed by atoms with Gasteiger partial charge in [-0.3, -0.25) is 0 Å². The molecular formula is C12H13F2N3O. The highest BCUT2D eigenvalue weighted by Gasteiger charge is 2.10. The highest BCUT2D eigenvalue weighted by molar-refractivity contribution is 5.52. The van der Waals surface area contributed by atoms with Gasteiger partial charge in [0.1, 0.15) is 11.6 Å². The van der Waals surface area contributed by atoms with Gasteiger partial charge in [-0.25, -0.2) is 8.78 Å². The third-order valence-electron chi connectivity index (χ3n) is 2.34. The van der Waals surface area contributed by atoms with Crippen LogP contribution in [0.25, 0.3) is 11.5 Å². The van der Waals surface area contributed by atoms with E-state index < -0.39 is 11.6 Å². The molecular weight excluding hydrogens is 240 g/mol. The molecule has 6 heteroatoms. The maximum Gasteiger partial charge on any atom is 0.247 e. The van der Waals surface area contributed by atoms with E-state index >= 15 is 0 Å². The van der Waals surface area contributed by atoms with Crippen molar-refractivity contribution < 1.29 is 13.2 Å². The smallest absolute Gasteiger partial charge is 0.247 e. The van der Waals surface area contributed by atoms with E-state index in [4.69, 9.17) is 4.42 Å². The molecule has 0 atom stereocenters. The van der Waals surface area contributed by atoms with Crippen molar-refractivity contribution in [2.24, 2.45) is 0 Å². The molecule has 1 aromatic carbocycles. The van der Waals surface area contributed by atoms with Gasteiger partial charge in [0.05, 0.1) is 0 Å². The molecule has 1 aromatic heterocycles. The molecule has 2 rings (SSSR count). The van der Waals surface area contributed by atoms with E-state index in [0.29, 0.717) is 12.3 Å². The van der Waals surface area contributed by atoms with Gasteiger partial charge in [0.25, 0.3) is 0 Å². The summed E-state index contributed by atoms with van der Waals surface area (Å²) in [4.78, 5) is 0. The van der Waals surface area contributed by atoms with Crippen molar-refractivity contribution in [3.8, 4) is 11.5 Å². The van der Waals surface area contributed by atoms with Crippen LogP contribution in [0.4, 0.5) is 8.78 Å². The second-order valence-corrected chi connectivity index (χ2v) is 3.76. The van der Waals surface area contributed by atoms with Crippen molar-refractivity contribution in [3.63, 3.8) is 0 Å². The number of aromatic nitrogens is 2. The minimum Gasteiger partial charge on any atom is -0.421 e. The molecule has 0 fully saturated rings. The quantitative estimate of drug-likeness (QED) is 0.830. The lowest BCUT2D eigenvalue weighted by Gasteiger charge is -1.97. The van der Waals surface area contributed by atoms with Gasteiger partial charge in [0.15, 0.2) is 0 Å². The first-order valence-corrected chi connectivity index (χ1v) is 5.68. The molecule has 0 aliphatic heterocycles. The molecule has 1 N–H and O–H groups in total. The van der Waals surface area contributed by atoms with Gasteiger partial charge in [-0.2, -0.15) is 0 Å². The largest absolute Gasteiger partial charge is 0.421 e. The fourth-order valence-electron chi connectivity index (χ4n) is 1.52. The van der Waals surface area contributed by atoms with Crippen LogP contribution in [0.1, 0.15) is 12.8 Å². The SMILES string of the molecule is CCNCCc1nnc(-c2cc(F)cc(F)c2)o1. The van der Waals surface area contributed by atoms with E-state index in [9.17, 15) is 8.78 Å². The molecule has 0 aliphatic carbocycles. The van der Waals surface area contributed by atoms with Crippen LogP contribution in [-0.4, -0.2) is 23.3 Å². The normalized spacial score (nSPS) is 10.8. The summed E-state index contributed by atoms with van der Waals surface area (Å²) in [6.07, 6.45) is 0.582. The first-order chi connectivity index (χ1) is 8.69. The molecule has 0 saturated carbocycles. The minimum atomic E-state index is -0.669. The zero-order chi connectivity index (χ0) is 13.0. The molecule has 0 radical (unpaired) electrons. The Morgan fingerprint density at radius 1 is 1.17 bits per heavy atom. The maximum atomic E-state index is 13.0. The molecule has 0 unspecified atom stereocenters. The van der Waals surface area contributed by atoms with E-state index in [1.54, 1.807) is 0 Å². The van der Waals surface area contributed by atoms with Crippen molar-refractivity contribution in [1.29, 1.82) is 0 Å². The van der Waals surface area contributed by atoms with Crippen LogP contribution >= 0.6 is 0 Å². The lowest BCUT2D eigenvalue weighted by Crippen LogP contribution is -2.16. The van der Waals surface area contributed by atoms with Gasteiger partial charge in [0, 0.05) is 24.6 Å². The summed E-state index contributed by atoms with van der Waals surface area (Å²) in [6.45, 7) is 3.57. The fourth-order valence-corrected chi connectivity index (χ4v) is 1.52. The van der Waals surface area contributed by atoms with Crippen molar-refractivity contribution in [2.75, 3.05) is 13.1 Å². The Morgan fingerprint density at radius 2 is 1.89 bits per heavy atom. The van der Waals surface area contributed by atoms with Crippen molar-refractivity contribution in [1.82, 2.24) is 15.5 Å². The highest BCUT2D eigenvalue weighted by atomic mass is 19.1. The standard InChI is InChI=1S/C12H13F2N3O/c1-2-15-4-3-11-16-17-12(18-11)8-5-9(13)7-10(14)6-8/h5-7,15H,2-4H2,1H3. The van der Waals surface area contributed by atoms with E-state index in [2.05, 4.69) is 15.5 Å². The zero-order valence-electron chi connectivity index (χ0n) is 9.91. The first kappa shape index (κ1) is 12.6. The Bertz CT molecular complexity index is 508. The lowest BCUT2D eigenvalue weighted by atomic mass is 10.2. The summed E-state index contributed by atoms with van der Waals surface area (Å²) < 4.78 is 31.4. The number of nitrogens with zero attached hydrogens (tertiary/aromatic N) is 2. The predicted octanol–water partition coefficient (Wildman–Crippen LogP) is 2.17. The summed E-state index contributed by atoms with van der Waals surface area (Å²) in [5, 5.41) is 10.7. The molecule has 96 valence electrons. The Balaban J connectivity index is 2.13. The number of hydrogen-bond acceptors (Lipinski definition) is 4. The minimum absolute atomic E-state index is 0.125. The molecule has 4 nitrogen and oxygen atoms in total. The average molecular weight is 253 g/mol. The predicted molar refractivity (Wildman–Crippen MR) is 61.9 cm³/mol. The number of halogens is 2. The Kier molecular flexibility index (Phi) is 3.99. The number of nitrogens with one attached hydrogen (secondary N) is 1. The van der Waals surface area contributed by atoms with Crippen molar-refractivity contribution >= 4 is 0 Å². The summed E-state index contributed by atoms with van der Waals surface area (Å²) >= 11 is 0. The molecule has 0 spiro atoms. The molecule has 1 heterocycles. The number of hydrogen-bond donors (Lipinski definition) is 1. The van der Waals surface area contributed by atoms with Gasteiger partial charge < -0.3 is 9.73 Å². The molecule has 0 amide bonds. The van der Waals surface area contributed by atoms with Crippen LogP contribution < -0.4 is 5.32 Å². The topological polar surface area (TPSA) is 51.0 Å². The van der Waals surface area contributed by atoms with E-state index in [1.807, 2.05) is 6.92 Å². The van der Waals surface area contributed by atoms with Crippen molar-refractivity contribution in [2.45, 2.75) is 13.3 Å². The van der Waals surface area contributed by atoms with Gasteiger partial charge in [-0.15, -0.1) is 10.2 Å². The van der Waals surface area contributed by atoms with Crippen LogP contribution in [0.2, 0.25) is 0 Å². The second kappa shape index (κ2) is 5.68. The Hall–Kier alpha value is -1.82. The molecule has 0 saturated heterocycles. The summed E-state index contributed by atoms with van der Waals surface area (Å²) in [7, 11) is 0. The monoisotopic (exact) mass is 253 g/mol. The van der Waals surface area contributed by atoms with Crippen LogP contribution in [0.5, 0.6) is 0 Å². The molecule has 0 aliphatic rings. The lowest BCUT2D eigenvalue weighted by molar-refractivity contribution is 0.495. The number of rotatable bonds is 5. The summed E-state index contributed by atoms with van der Waals surface area (Å²) in [6, 6.07) is 3.11. The van der Waals surface area contributed by atoms with E-state index in [1.165, 1.54) is 0 Å². The molecule has 2 aromatic rings. The Labute approximate surface area is 103 Å². The van der Waals surface area contributed by atoms with E-state index in [-0.39, 0.29) is 11.5 Å². The first-order valence-electron chi connectivity index (χ1n) is 5.68. The number of likely N-dealkylation sites (N-methyl/N-ethyl adjacent to an activating group) is 1. The van der Waals surface area contributed by atoms with Gasteiger partial charge in [-0.05, 0) is 18.7 Å². The summed E-state index contributed by atoms with van der Waals surface area (Å²) in [5.74, 6) is -0.773. The third kappa shape index (κ3) is 3.10. The third-order valence-corrected chi connectivity index (χ3v) is 2.34.